The van der Waals surface area contributed by atoms with E-state index in [1.807, 2.05) is 35.4 Å². The number of hydrogen-bond donors (Lipinski definition) is 1. The van der Waals surface area contributed by atoms with E-state index >= 15 is 0 Å². The Bertz CT molecular complexity index is 911. The molecule has 3 aromatic heterocycles. The van der Waals surface area contributed by atoms with Crippen molar-refractivity contribution in [3.05, 3.63) is 66.5 Å². The van der Waals surface area contributed by atoms with Crippen molar-refractivity contribution in [2.24, 2.45) is 0 Å². The van der Waals surface area contributed by atoms with Crippen molar-refractivity contribution in [1.82, 2.24) is 24.8 Å². The van der Waals surface area contributed by atoms with Crippen LogP contribution in [0.25, 0.3) is 11.1 Å². The van der Waals surface area contributed by atoms with Crippen molar-refractivity contribution < 1.29 is 4.79 Å². The van der Waals surface area contributed by atoms with Crippen molar-refractivity contribution in [3.8, 4) is 11.1 Å². The van der Waals surface area contributed by atoms with Crippen molar-refractivity contribution in [2.75, 3.05) is 18.8 Å². The van der Waals surface area contributed by atoms with Crippen molar-refractivity contribution in [2.45, 2.75) is 18.8 Å². The molecule has 0 saturated carbocycles. The summed E-state index contributed by atoms with van der Waals surface area (Å²) < 4.78 is 0. The number of piperidine rings is 1. The van der Waals surface area contributed by atoms with Gasteiger partial charge in [-0.25, -0.2) is 9.97 Å². The molecule has 0 unspecified atom stereocenters. The lowest BCUT2D eigenvalue weighted by Crippen LogP contribution is -2.39. The van der Waals surface area contributed by atoms with Crippen molar-refractivity contribution >= 4 is 11.9 Å². The van der Waals surface area contributed by atoms with Gasteiger partial charge in [0.2, 0.25) is 5.95 Å². The van der Waals surface area contributed by atoms with E-state index in [4.69, 9.17) is 5.73 Å². The zero-order valence-corrected chi connectivity index (χ0v) is 14.8. The Morgan fingerprint density at radius 2 is 1.81 bits per heavy atom. The van der Waals surface area contributed by atoms with Crippen LogP contribution in [-0.2, 0) is 0 Å². The molecule has 0 aromatic carbocycles. The lowest BCUT2D eigenvalue weighted by Gasteiger charge is -2.32. The number of likely N-dealkylation sites (tertiary alicyclic amines) is 1. The third-order valence-electron chi connectivity index (χ3n) is 4.80. The van der Waals surface area contributed by atoms with E-state index in [2.05, 4.69) is 19.9 Å². The first-order chi connectivity index (χ1) is 13.2. The molecule has 2 N–H and O–H groups in total. The molecule has 1 atom stereocenters. The molecule has 1 saturated heterocycles. The van der Waals surface area contributed by atoms with E-state index in [9.17, 15) is 4.79 Å². The van der Waals surface area contributed by atoms with Gasteiger partial charge in [0.05, 0.1) is 0 Å². The van der Waals surface area contributed by atoms with Crippen LogP contribution in [0.15, 0.2) is 55.1 Å². The highest BCUT2D eigenvalue weighted by Crippen LogP contribution is 2.27. The standard InChI is InChI=1S/C20H20N6O/c21-20-24-11-16(12-25-20)14-6-7-17(23-10-14)15-4-3-9-26(13-15)19(27)18-5-1-2-8-22-18/h1-2,5-8,10-12,15H,3-4,9,13H2,(H2,21,24,25)/t15-/m1/s1. The van der Waals surface area contributed by atoms with Crippen LogP contribution < -0.4 is 5.73 Å². The second-order valence-electron chi connectivity index (χ2n) is 6.61. The molecule has 27 heavy (non-hydrogen) atoms. The molecule has 7 nitrogen and oxygen atoms in total. The molecule has 4 heterocycles. The monoisotopic (exact) mass is 360 g/mol. The van der Waals surface area contributed by atoms with Gasteiger partial charge < -0.3 is 10.6 Å². The number of rotatable bonds is 3. The average Bonchev–Trinajstić information content (AvgIpc) is 2.75. The number of aromatic nitrogens is 4. The van der Waals surface area contributed by atoms with E-state index in [0.717, 1.165) is 36.2 Å². The van der Waals surface area contributed by atoms with Crippen molar-refractivity contribution in [3.63, 3.8) is 0 Å². The molecule has 1 fully saturated rings. The summed E-state index contributed by atoms with van der Waals surface area (Å²) in [4.78, 5) is 31.4. The van der Waals surface area contributed by atoms with E-state index in [-0.39, 0.29) is 17.8 Å². The number of carbonyl (C=O) groups is 1. The van der Waals surface area contributed by atoms with E-state index < -0.39 is 0 Å². The lowest BCUT2D eigenvalue weighted by molar-refractivity contribution is 0.0700. The summed E-state index contributed by atoms with van der Waals surface area (Å²) in [6.45, 7) is 1.42. The molecular formula is C20H20N6O. The first-order valence-corrected chi connectivity index (χ1v) is 8.95. The molecule has 0 spiro atoms. The smallest absolute Gasteiger partial charge is 0.272 e. The maximum atomic E-state index is 12.7. The second-order valence-corrected chi connectivity index (χ2v) is 6.61. The summed E-state index contributed by atoms with van der Waals surface area (Å²) in [5, 5.41) is 0. The summed E-state index contributed by atoms with van der Waals surface area (Å²) in [6.07, 6.45) is 8.82. The van der Waals surface area contributed by atoms with Gasteiger partial charge in [-0.1, -0.05) is 12.1 Å². The molecule has 3 aromatic rings. The Kier molecular flexibility index (Phi) is 4.74. The largest absolute Gasteiger partial charge is 0.368 e. The third kappa shape index (κ3) is 3.76. The fraction of sp³-hybridized carbons (Fsp3) is 0.250. The molecule has 0 bridgehead atoms. The number of nitrogens with zero attached hydrogens (tertiary/aromatic N) is 5. The Morgan fingerprint density at radius 1 is 1.00 bits per heavy atom. The second kappa shape index (κ2) is 7.49. The van der Waals surface area contributed by atoms with Gasteiger partial charge >= 0.3 is 0 Å². The van der Waals surface area contributed by atoms with Gasteiger partial charge in [0, 0.05) is 60.6 Å². The molecule has 1 aliphatic heterocycles. The van der Waals surface area contributed by atoms with Gasteiger partial charge in [0.1, 0.15) is 5.69 Å². The van der Waals surface area contributed by atoms with Crippen LogP contribution in [0.1, 0.15) is 34.9 Å². The van der Waals surface area contributed by atoms with Crippen LogP contribution in [0.4, 0.5) is 5.95 Å². The van der Waals surface area contributed by atoms with Gasteiger partial charge in [-0.15, -0.1) is 0 Å². The van der Waals surface area contributed by atoms with Crippen LogP contribution in [0.5, 0.6) is 0 Å². The normalized spacial score (nSPS) is 16.9. The minimum Gasteiger partial charge on any atom is -0.368 e. The van der Waals surface area contributed by atoms with Crippen LogP contribution in [0.2, 0.25) is 0 Å². The number of hydrogen-bond acceptors (Lipinski definition) is 6. The van der Waals surface area contributed by atoms with E-state index in [1.165, 1.54) is 0 Å². The summed E-state index contributed by atoms with van der Waals surface area (Å²) >= 11 is 0. The van der Waals surface area contributed by atoms with Gasteiger partial charge in [0.25, 0.3) is 5.91 Å². The van der Waals surface area contributed by atoms with Crippen molar-refractivity contribution in [1.29, 1.82) is 0 Å². The van der Waals surface area contributed by atoms with Gasteiger partial charge in [-0.3, -0.25) is 14.8 Å². The Morgan fingerprint density at radius 3 is 2.52 bits per heavy atom. The summed E-state index contributed by atoms with van der Waals surface area (Å²) in [5.74, 6) is 0.460. The number of carbonyl (C=O) groups excluding carboxylic acids is 1. The van der Waals surface area contributed by atoms with Crippen LogP contribution >= 0.6 is 0 Å². The average molecular weight is 360 g/mol. The van der Waals surface area contributed by atoms with Gasteiger partial charge in [-0.2, -0.15) is 0 Å². The quantitative estimate of drug-likeness (QED) is 0.771. The molecule has 1 amide bonds. The highest BCUT2D eigenvalue weighted by Gasteiger charge is 2.26. The number of nitrogen functional groups attached to an aromatic ring is 1. The van der Waals surface area contributed by atoms with E-state index in [1.54, 1.807) is 24.7 Å². The topological polar surface area (TPSA) is 97.9 Å². The first kappa shape index (κ1) is 17.1. The zero-order valence-electron chi connectivity index (χ0n) is 14.8. The molecule has 4 rings (SSSR count). The number of pyridine rings is 2. The molecule has 0 aliphatic carbocycles. The fourth-order valence-electron chi connectivity index (χ4n) is 3.36. The molecule has 136 valence electrons. The lowest BCUT2D eigenvalue weighted by atomic mass is 9.93. The molecular weight excluding hydrogens is 340 g/mol. The maximum Gasteiger partial charge on any atom is 0.272 e. The minimum atomic E-state index is -0.0176. The SMILES string of the molecule is Nc1ncc(-c2ccc([C@@H]3CCCN(C(=O)c4ccccn4)C3)nc2)cn1. The molecule has 1 aliphatic rings. The first-order valence-electron chi connectivity index (χ1n) is 8.95. The van der Waals surface area contributed by atoms with Crippen LogP contribution in [0, 0.1) is 0 Å². The van der Waals surface area contributed by atoms with Gasteiger partial charge in [-0.05, 0) is 31.0 Å². The predicted molar refractivity (Wildman–Crippen MR) is 102 cm³/mol. The third-order valence-corrected chi connectivity index (χ3v) is 4.80. The summed E-state index contributed by atoms with van der Waals surface area (Å²) in [6, 6.07) is 9.44. The van der Waals surface area contributed by atoms with Gasteiger partial charge in [0.15, 0.2) is 0 Å². The van der Waals surface area contributed by atoms with Crippen LogP contribution in [0.3, 0.4) is 0 Å². The Hall–Kier alpha value is -3.35. The minimum absolute atomic E-state index is 0.0176. The summed E-state index contributed by atoms with van der Waals surface area (Å²) in [7, 11) is 0. The Labute approximate surface area is 157 Å². The highest BCUT2D eigenvalue weighted by molar-refractivity contribution is 5.92. The fourth-order valence-corrected chi connectivity index (χ4v) is 3.36. The van der Waals surface area contributed by atoms with Crippen LogP contribution in [-0.4, -0.2) is 43.8 Å². The zero-order chi connectivity index (χ0) is 18.6. The number of anilines is 1. The number of nitrogens with two attached hydrogens (primary N) is 1. The van der Waals surface area contributed by atoms with E-state index in [0.29, 0.717) is 12.2 Å². The number of amides is 1. The Balaban J connectivity index is 1.48. The molecule has 7 heteroatoms. The maximum absolute atomic E-state index is 12.7. The predicted octanol–water partition coefficient (Wildman–Crippen LogP) is 2.54. The highest BCUT2D eigenvalue weighted by atomic mass is 16.2. The molecule has 0 radical (unpaired) electrons. The summed E-state index contributed by atoms with van der Waals surface area (Å²) in [5.41, 5.74) is 8.83.